The van der Waals surface area contributed by atoms with Crippen molar-refractivity contribution in [2.45, 2.75) is 64.1 Å². The number of rotatable bonds is 2. The zero-order valence-electron chi connectivity index (χ0n) is 10.2. The van der Waals surface area contributed by atoms with Crippen molar-refractivity contribution in [1.29, 1.82) is 0 Å². The molecule has 0 aliphatic carbocycles. The van der Waals surface area contributed by atoms with Gasteiger partial charge in [0.2, 0.25) is 0 Å². The fourth-order valence-corrected chi connectivity index (χ4v) is 2.39. The predicted molar refractivity (Wildman–Crippen MR) is 56.4 cm³/mol. The van der Waals surface area contributed by atoms with Crippen LogP contribution in [0.5, 0.6) is 0 Å². The van der Waals surface area contributed by atoms with E-state index in [1.165, 1.54) is 0 Å². The lowest BCUT2D eigenvalue weighted by Crippen LogP contribution is -2.51. The van der Waals surface area contributed by atoms with E-state index in [1.807, 2.05) is 13.8 Å². The third-order valence-corrected chi connectivity index (χ3v) is 3.14. The van der Waals surface area contributed by atoms with Gasteiger partial charge < -0.3 is 4.84 Å². The normalized spacial score (nSPS) is 29.4. The first-order valence-corrected chi connectivity index (χ1v) is 5.44. The molecule has 1 aliphatic rings. The molecule has 1 unspecified atom stereocenters. The molecule has 0 aromatic rings. The standard InChI is InChI=1S/C10H19N2O4/c1-9(2)6-5-8(16-12(14)15)7-10(3,4)11(9)13/h8H,5-7H2,1-4H3. The lowest BCUT2D eigenvalue weighted by atomic mass is 9.95. The summed E-state index contributed by atoms with van der Waals surface area (Å²) in [5.74, 6) is 0. The second kappa shape index (κ2) is 4.18. The van der Waals surface area contributed by atoms with Crippen LogP contribution in [-0.4, -0.2) is 27.3 Å². The summed E-state index contributed by atoms with van der Waals surface area (Å²) in [6.45, 7) is 7.30. The topological polar surface area (TPSA) is 75.5 Å². The van der Waals surface area contributed by atoms with Crippen LogP contribution in [0.1, 0.15) is 47.0 Å². The second-order valence-corrected chi connectivity index (χ2v) is 5.61. The van der Waals surface area contributed by atoms with Crippen LogP contribution in [0.4, 0.5) is 0 Å². The molecule has 0 N–H and O–H groups in total. The van der Waals surface area contributed by atoms with E-state index in [4.69, 9.17) is 0 Å². The van der Waals surface area contributed by atoms with Gasteiger partial charge in [-0.05, 0) is 47.0 Å². The van der Waals surface area contributed by atoms with Crippen molar-refractivity contribution in [2.24, 2.45) is 0 Å². The Morgan fingerprint density at radius 3 is 2.38 bits per heavy atom. The highest BCUT2D eigenvalue weighted by atomic mass is 17.0. The molecule has 0 saturated carbocycles. The second-order valence-electron chi connectivity index (χ2n) is 5.61. The molecule has 1 radical (unpaired) electrons. The van der Waals surface area contributed by atoms with Gasteiger partial charge in [-0.3, -0.25) is 0 Å². The van der Waals surface area contributed by atoms with E-state index in [-0.39, 0.29) is 0 Å². The Balaban J connectivity index is 2.83. The minimum atomic E-state index is -0.770. The Hall–Kier alpha value is -0.880. The molecular formula is C10H19N2O4. The summed E-state index contributed by atoms with van der Waals surface area (Å²) in [4.78, 5) is 14.9. The molecule has 0 spiro atoms. The van der Waals surface area contributed by atoms with Gasteiger partial charge in [-0.2, -0.15) is 0 Å². The quantitative estimate of drug-likeness (QED) is 0.537. The summed E-state index contributed by atoms with van der Waals surface area (Å²) in [6.07, 6.45) is 1.03. The minimum absolute atomic E-state index is 0.376. The number of hydroxylamine groups is 2. The summed E-state index contributed by atoms with van der Waals surface area (Å²) in [6, 6.07) is 0. The fraction of sp³-hybridized carbons (Fsp3) is 1.00. The van der Waals surface area contributed by atoms with Gasteiger partial charge in [-0.1, -0.05) is 0 Å². The van der Waals surface area contributed by atoms with Crippen LogP contribution in [0.25, 0.3) is 0 Å². The lowest BCUT2D eigenvalue weighted by Gasteiger charge is -2.39. The van der Waals surface area contributed by atoms with Crippen molar-refractivity contribution in [1.82, 2.24) is 5.06 Å². The first-order valence-electron chi connectivity index (χ1n) is 5.44. The van der Waals surface area contributed by atoms with E-state index in [9.17, 15) is 15.3 Å². The smallest absolute Gasteiger partial charge is 0.294 e. The summed E-state index contributed by atoms with van der Waals surface area (Å²) in [5.41, 5.74) is -1.14. The predicted octanol–water partition coefficient (Wildman–Crippen LogP) is 1.95. The highest BCUT2D eigenvalue weighted by molar-refractivity contribution is 4.92. The Morgan fingerprint density at radius 1 is 1.31 bits per heavy atom. The molecule has 1 heterocycles. The van der Waals surface area contributed by atoms with Crippen LogP contribution in [0.2, 0.25) is 0 Å². The Kier molecular flexibility index (Phi) is 3.44. The number of nitrogens with zero attached hydrogens (tertiary/aromatic N) is 2. The van der Waals surface area contributed by atoms with Crippen molar-refractivity contribution >= 4 is 0 Å². The van der Waals surface area contributed by atoms with Crippen molar-refractivity contribution < 1.29 is 15.1 Å². The van der Waals surface area contributed by atoms with Gasteiger partial charge in [0.15, 0.2) is 0 Å². The maximum Gasteiger partial charge on any atom is 0.294 e. The molecule has 0 amide bonds. The maximum atomic E-state index is 12.1. The first kappa shape index (κ1) is 13.2. The van der Waals surface area contributed by atoms with Gasteiger partial charge in [0.25, 0.3) is 5.09 Å². The monoisotopic (exact) mass is 231 g/mol. The van der Waals surface area contributed by atoms with Gasteiger partial charge in [0.1, 0.15) is 6.10 Å². The molecule has 0 bridgehead atoms. The molecule has 16 heavy (non-hydrogen) atoms. The van der Waals surface area contributed by atoms with Crippen molar-refractivity contribution in [2.75, 3.05) is 0 Å². The molecular weight excluding hydrogens is 212 g/mol. The van der Waals surface area contributed by atoms with E-state index >= 15 is 0 Å². The molecule has 0 aromatic heterocycles. The van der Waals surface area contributed by atoms with Gasteiger partial charge in [-0.15, -0.1) is 20.4 Å². The molecule has 6 nitrogen and oxygen atoms in total. The fourth-order valence-electron chi connectivity index (χ4n) is 2.39. The van der Waals surface area contributed by atoms with Gasteiger partial charge in [-0.25, -0.2) is 0 Å². The molecule has 1 atom stereocenters. The Bertz CT molecular complexity index is 278. The molecule has 93 valence electrons. The van der Waals surface area contributed by atoms with E-state index in [0.29, 0.717) is 19.3 Å². The average Bonchev–Trinajstić information content (AvgIpc) is 2.17. The molecule has 6 heteroatoms. The highest BCUT2D eigenvalue weighted by Gasteiger charge is 2.43. The van der Waals surface area contributed by atoms with Crippen molar-refractivity contribution in [3.8, 4) is 0 Å². The van der Waals surface area contributed by atoms with Crippen molar-refractivity contribution in [3.63, 3.8) is 0 Å². The lowest BCUT2D eigenvalue weighted by molar-refractivity contribution is -0.769. The van der Waals surface area contributed by atoms with Crippen LogP contribution in [-0.2, 0) is 10.0 Å². The van der Waals surface area contributed by atoms with Crippen molar-refractivity contribution in [3.05, 3.63) is 10.1 Å². The molecule has 1 rings (SSSR count). The third kappa shape index (κ3) is 2.82. The Labute approximate surface area is 95.2 Å². The first-order chi connectivity index (χ1) is 7.15. The summed E-state index contributed by atoms with van der Waals surface area (Å²) < 4.78 is 0. The SMILES string of the molecule is CC1(C)CCC(O[N+](=O)[O-])CC(C)(C)N1[O]. The largest absolute Gasteiger partial charge is 0.311 e. The van der Waals surface area contributed by atoms with Crippen LogP contribution in [0, 0.1) is 10.1 Å². The van der Waals surface area contributed by atoms with Gasteiger partial charge in [0, 0.05) is 11.1 Å². The average molecular weight is 231 g/mol. The zero-order valence-corrected chi connectivity index (χ0v) is 10.2. The van der Waals surface area contributed by atoms with E-state index in [2.05, 4.69) is 4.84 Å². The van der Waals surface area contributed by atoms with Gasteiger partial charge >= 0.3 is 0 Å². The van der Waals surface area contributed by atoms with E-state index < -0.39 is 22.3 Å². The number of hydrogen-bond acceptors (Lipinski definition) is 4. The van der Waals surface area contributed by atoms with E-state index in [1.54, 1.807) is 13.8 Å². The molecule has 0 aromatic carbocycles. The summed E-state index contributed by atoms with van der Waals surface area (Å²) >= 11 is 0. The third-order valence-electron chi connectivity index (χ3n) is 3.14. The maximum absolute atomic E-state index is 12.1. The number of hydrogen-bond donors (Lipinski definition) is 0. The molecule has 1 fully saturated rings. The summed E-state index contributed by atoms with van der Waals surface area (Å²) in [5, 5.41) is 22.7. The van der Waals surface area contributed by atoms with Crippen LogP contribution in [0.3, 0.4) is 0 Å². The summed E-state index contributed by atoms with van der Waals surface area (Å²) in [7, 11) is 0. The van der Waals surface area contributed by atoms with Crippen LogP contribution in [0.15, 0.2) is 0 Å². The minimum Gasteiger partial charge on any atom is -0.311 e. The molecule has 1 saturated heterocycles. The van der Waals surface area contributed by atoms with Crippen LogP contribution >= 0.6 is 0 Å². The van der Waals surface area contributed by atoms with Gasteiger partial charge in [0.05, 0.1) is 0 Å². The van der Waals surface area contributed by atoms with E-state index in [0.717, 1.165) is 5.06 Å². The Morgan fingerprint density at radius 2 is 1.88 bits per heavy atom. The zero-order chi connectivity index (χ0) is 12.6. The highest BCUT2D eigenvalue weighted by Crippen LogP contribution is 2.36. The van der Waals surface area contributed by atoms with Crippen LogP contribution < -0.4 is 0 Å². The molecule has 1 aliphatic heterocycles.